The standard InChI is InChI=1S/C13H12.2C7H8/c1-3-7-12(8-4-1)11-13-9-5-2-6-10-13;2*1-7-5-3-2-4-6-7/h1-10H,11H2;2*2-6H,1H3. The summed E-state index contributed by atoms with van der Waals surface area (Å²) in [6.45, 7) is 4.17. The molecular formula is C27H28. The molecule has 0 aliphatic heterocycles. The highest BCUT2D eigenvalue weighted by Crippen LogP contribution is 2.07. The van der Waals surface area contributed by atoms with Gasteiger partial charge in [0.15, 0.2) is 0 Å². The van der Waals surface area contributed by atoms with Crippen molar-refractivity contribution in [1.29, 1.82) is 0 Å². The molecule has 0 aromatic heterocycles. The highest BCUT2D eigenvalue weighted by atomic mass is 14.0. The molecule has 0 atom stereocenters. The van der Waals surface area contributed by atoms with E-state index in [1.807, 2.05) is 36.4 Å². The van der Waals surface area contributed by atoms with Crippen LogP contribution in [-0.4, -0.2) is 0 Å². The molecule has 0 aliphatic rings. The molecule has 0 radical (unpaired) electrons. The minimum absolute atomic E-state index is 1.03. The SMILES string of the molecule is Cc1ccccc1.Cc1ccccc1.c1ccc(Cc2ccccc2)cc1. The molecular weight excluding hydrogens is 324 g/mol. The third kappa shape index (κ3) is 9.23. The lowest BCUT2D eigenvalue weighted by molar-refractivity contribution is 1.19. The Kier molecular flexibility index (Phi) is 9.18. The van der Waals surface area contributed by atoms with Gasteiger partial charge in [0.25, 0.3) is 0 Å². The summed E-state index contributed by atoms with van der Waals surface area (Å²) < 4.78 is 0. The number of benzene rings is 4. The fourth-order valence-corrected chi connectivity index (χ4v) is 2.50. The molecule has 0 N–H and O–H groups in total. The number of rotatable bonds is 2. The van der Waals surface area contributed by atoms with E-state index in [1.165, 1.54) is 22.3 Å². The summed E-state index contributed by atoms with van der Waals surface area (Å²) in [7, 11) is 0. The summed E-state index contributed by atoms with van der Waals surface area (Å²) >= 11 is 0. The molecule has 0 heteroatoms. The molecule has 0 unspecified atom stereocenters. The quantitative estimate of drug-likeness (QED) is 0.356. The molecule has 4 aromatic rings. The Morgan fingerprint density at radius 1 is 0.370 bits per heavy atom. The number of aryl methyl sites for hydroxylation is 2. The lowest BCUT2D eigenvalue weighted by Crippen LogP contribution is -1.85. The van der Waals surface area contributed by atoms with Crippen molar-refractivity contribution in [1.82, 2.24) is 0 Å². The van der Waals surface area contributed by atoms with E-state index >= 15 is 0 Å². The van der Waals surface area contributed by atoms with Crippen LogP contribution in [0.1, 0.15) is 22.3 Å². The summed E-state index contributed by atoms with van der Waals surface area (Å²) in [6.07, 6.45) is 1.03. The van der Waals surface area contributed by atoms with Crippen molar-refractivity contribution < 1.29 is 0 Å². The molecule has 136 valence electrons. The highest BCUT2D eigenvalue weighted by molar-refractivity contribution is 5.25. The van der Waals surface area contributed by atoms with Crippen molar-refractivity contribution in [2.24, 2.45) is 0 Å². The van der Waals surface area contributed by atoms with Crippen LogP contribution in [0.4, 0.5) is 0 Å². The van der Waals surface area contributed by atoms with Crippen LogP contribution in [0, 0.1) is 13.8 Å². The van der Waals surface area contributed by atoms with Gasteiger partial charge >= 0.3 is 0 Å². The zero-order chi connectivity index (χ0) is 19.2. The summed E-state index contributed by atoms with van der Waals surface area (Å²) in [4.78, 5) is 0. The van der Waals surface area contributed by atoms with Gasteiger partial charge in [0, 0.05) is 0 Å². The van der Waals surface area contributed by atoms with E-state index in [0.29, 0.717) is 0 Å². The van der Waals surface area contributed by atoms with E-state index in [2.05, 4.69) is 98.8 Å². The molecule has 0 saturated carbocycles. The van der Waals surface area contributed by atoms with E-state index in [1.54, 1.807) is 0 Å². The van der Waals surface area contributed by atoms with Crippen LogP contribution in [0.3, 0.4) is 0 Å². The van der Waals surface area contributed by atoms with Gasteiger partial charge in [-0.15, -0.1) is 0 Å². The zero-order valence-electron chi connectivity index (χ0n) is 16.3. The van der Waals surface area contributed by atoms with Crippen LogP contribution in [-0.2, 0) is 6.42 Å². The maximum atomic E-state index is 2.16. The fourth-order valence-electron chi connectivity index (χ4n) is 2.50. The Bertz CT molecular complexity index is 760. The van der Waals surface area contributed by atoms with E-state index in [-0.39, 0.29) is 0 Å². The van der Waals surface area contributed by atoms with E-state index in [0.717, 1.165) is 6.42 Å². The van der Waals surface area contributed by atoms with Gasteiger partial charge < -0.3 is 0 Å². The maximum absolute atomic E-state index is 2.16. The minimum atomic E-state index is 1.03. The van der Waals surface area contributed by atoms with Gasteiger partial charge in [-0.2, -0.15) is 0 Å². The molecule has 0 fully saturated rings. The van der Waals surface area contributed by atoms with Gasteiger partial charge in [0.2, 0.25) is 0 Å². The normalized spacial score (nSPS) is 9.26. The third-order valence-electron chi connectivity index (χ3n) is 3.97. The van der Waals surface area contributed by atoms with Crippen LogP contribution < -0.4 is 0 Å². The van der Waals surface area contributed by atoms with E-state index in [9.17, 15) is 0 Å². The van der Waals surface area contributed by atoms with Crippen LogP contribution in [0.2, 0.25) is 0 Å². The van der Waals surface area contributed by atoms with Gasteiger partial charge in [-0.1, -0.05) is 132 Å². The molecule has 27 heavy (non-hydrogen) atoms. The summed E-state index contributed by atoms with van der Waals surface area (Å²) in [6, 6.07) is 41.6. The largest absolute Gasteiger partial charge is 0.0622 e. The second-order valence-electron chi connectivity index (χ2n) is 6.46. The molecule has 0 aliphatic carbocycles. The lowest BCUT2D eigenvalue weighted by Gasteiger charge is -2.00. The van der Waals surface area contributed by atoms with Gasteiger partial charge in [0.05, 0.1) is 0 Å². The Labute approximate surface area is 164 Å². The predicted molar refractivity (Wildman–Crippen MR) is 118 cm³/mol. The summed E-state index contributed by atoms with van der Waals surface area (Å²) in [5.41, 5.74) is 5.38. The Hall–Kier alpha value is -3.12. The second-order valence-corrected chi connectivity index (χ2v) is 6.46. The summed E-state index contributed by atoms with van der Waals surface area (Å²) in [5.74, 6) is 0. The van der Waals surface area contributed by atoms with Crippen molar-refractivity contribution in [3.63, 3.8) is 0 Å². The molecule has 4 aromatic carbocycles. The topological polar surface area (TPSA) is 0 Å². The van der Waals surface area contributed by atoms with Gasteiger partial charge in [-0.3, -0.25) is 0 Å². The van der Waals surface area contributed by atoms with Gasteiger partial charge in [-0.05, 0) is 31.4 Å². The van der Waals surface area contributed by atoms with Crippen LogP contribution in [0.15, 0.2) is 121 Å². The highest BCUT2D eigenvalue weighted by Gasteiger charge is 1.92. The second kappa shape index (κ2) is 12.3. The number of hydrogen-bond acceptors (Lipinski definition) is 0. The minimum Gasteiger partial charge on any atom is -0.0622 e. The van der Waals surface area contributed by atoms with Crippen LogP contribution in [0.25, 0.3) is 0 Å². The first-order chi connectivity index (χ1) is 13.2. The Morgan fingerprint density at radius 2 is 0.630 bits per heavy atom. The average Bonchev–Trinajstić information content (AvgIpc) is 2.72. The maximum Gasteiger partial charge on any atom is -0.00258 e. The smallest absolute Gasteiger partial charge is 0.00258 e. The Morgan fingerprint density at radius 3 is 0.852 bits per heavy atom. The fraction of sp³-hybridized carbons (Fsp3) is 0.111. The Balaban J connectivity index is 0.000000159. The predicted octanol–water partition coefficient (Wildman–Crippen LogP) is 7.27. The zero-order valence-corrected chi connectivity index (χ0v) is 16.3. The lowest BCUT2D eigenvalue weighted by atomic mass is 10.1. The first-order valence-corrected chi connectivity index (χ1v) is 9.35. The molecule has 4 rings (SSSR count). The van der Waals surface area contributed by atoms with Crippen molar-refractivity contribution in [3.05, 3.63) is 144 Å². The molecule has 0 amide bonds. The summed E-state index contributed by atoms with van der Waals surface area (Å²) in [5, 5.41) is 0. The van der Waals surface area contributed by atoms with Crippen molar-refractivity contribution in [2.45, 2.75) is 20.3 Å². The van der Waals surface area contributed by atoms with Crippen LogP contribution in [0.5, 0.6) is 0 Å². The first-order valence-electron chi connectivity index (χ1n) is 9.35. The van der Waals surface area contributed by atoms with E-state index < -0.39 is 0 Å². The van der Waals surface area contributed by atoms with Crippen molar-refractivity contribution >= 4 is 0 Å². The third-order valence-corrected chi connectivity index (χ3v) is 3.97. The monoisotopic (exact) mass is 352 g/mol. The molecule has 0 nitrogen and oxygen atoms in total. The molecule has 0 heterocycles. The first kappa shape index (κ1) is 20.2. The number of hydrogen-bond donors (Lipinski definition) is 0. The van der Waals surface area contributed by atoms with E-state index in [4.69, 9.17) is 0 Å². The molecule has 0 bridgehead atoms. The van der Waals surface area contributed by atoms with Crippen molar-refractivity contribution in [2.75, 3.05) is 0 Å². The molecule has 0 saturated heterocycles. The van der Waals surface area contributed by atoms with Gasteiger partial charge in [-0.25, -0.2) is 0 Å². The van der Waals surface area contributed by atoms with Crippen LogP contribution >= 0.6 is 0 Å². The average molecular weight is 353 g/mol. The molecule has 0 spiro atoms. The van der Waals surface area contributed by atoms with Gasteiger partial charge in [0.1, 0.15) is 0 Å². The van der Waals surface area contributed by atoms with Crippen molar-refractivity contribution in [3.8, 4) is 0 Å².